The minimum absolute atomic E-state index is 0.0623. The van der Waals surface area contributed by atoms with Crippen molar-refractivity contribution < 1.29 is 14.9 Å². The van der Waals surface area contributed by atoms with Crippen LogP contribution in [0.2, 0.25) is 0 Å². The van der Waals surface area contributed by atoms with Crippen LogP contribution in [0.1, 0.15) is 58.3 Å². The molecule has 4 aliphatic rings. The number of allylic oxidation sites excluding steroid dienone is 2. The molecule has 0 bridgehead atoms. The number of hydrogen-bond acceptors (Lipinski definition) is 5. The van der Waals surface area contributed by atoms with E-state index in [2.05, 4.69) is 18.2 Å². The van der Waals surface area contributed by atoms with Gasteiger partial charge in [0.15, 0.2) is 0 Å². The zero-order valence-corrected chi connectivity index (χ0v) is 17.5. The van der Waals surface area contributed by atoms with E-state index < -0.39 is 4.92 Å². The molecule has 0 unspecified atom stereocenters. The van der Waals surface area contributed by atoms with Crippen molar-refractivity contribution in [1.82, 2.24) is 0 Å². The molecule has 0 radical (unpaired) electrons. The lowest BCUT2D eigenvalue weighted by atomic mass is 9.52. The molecular weight excluding hydrogens is 380 g/mol. The van der Waals surface area contributed by atoms with Gasteiger partial charge in [-0.15, -0.1) is 0 Å². The smallest absolute Gasteiger partial charge is 0.314 e. The molecule has 0 aliphatic heterocycles. The first-order valence-corrected chi connectivity index (χ1v) is 11.3. The minimum atomic E-state index is -0.442. The fourth-order valence-electron chi connectivity index (χ4n) is 7.03. The van der Waals surface area contributed by atoms with Crippen LogP contribution in [0, 0.1) is 39.2 Å². The molecule has 1 aromatic carbocycles. The summed E-state index contributed by atoms with van der Waals surface area (Å²) in [5.41, 5.74) is 2.43. The van der Waals surface area contributed by atoms with E-state index in [0.717, 1.165) is 49.7 Å². The molecule has 0 saturated heterocycles. The summed E-state index contributed by atoms with van der Waals surface area (Å²) >= 11 is 0. The predicted molar refractivity (Wildman–Crippen MR) is 114 cm³/mol. The van der Waals surface area contributed by atoms with Crippen LogP contribution < -0.4 is 4.84 Å². The topological polar surface area (TPSA) is 85.0 Å². The van der Waals surface area contributed by atoms with Gasteiger partial charge in [-0.05, 0) is 92.6 Å². The van der Waals surface area contributed by atoms with Crippen LogP contribution in [0.4, 0.5) is 5.69 Å². The molecule has 6 heteroatoms. The average Bonchev–Trinajstić information content (AvgIpc) is 3.06. The molecule has 0 heterocycles. The highest BCUT2D eigenvalue weighted by molar-refractivity contribution is 5.96. The van der Waals surface area contributed by atoms with Crippen molar-refractivity contribution >= 4 is 11.4 Å². The second kappa shape index (κ2) is 7.49. The van der Waals surface area contributed by atoms with E-state index in [-0.39, 0.29) is 23.0 Å². The van der Waals surface area contributed by atoms with Crippen LogP contribution in [0.3, 0.4) is 0 Å². The van der Waals surface area contributed by atoms with Crippen molar-refractivity contribution in [3.05, 3.63) is 46.0 Å². The van der Waals surface area contributed by atoms with Gasteiger partial charge in [0.05, 0.1) is 16.7 Å². The van der Waals surface area contributed by atoms with Gasteiger partial charge in [-0.1, -0.05) is 29.8 Å². The van der Waals surface area contributed by atoms with Crippen LogP contribution in [0.25, 0.3) is 0 Å². The first-order valence-electron chi connectivity index (χ1n) is 11.3. The Morgan fingerprint density at radius 3 is 2.80 bits per heavy atom. The maximum Gasteiger partial charge on any atom is 0.314 e. The third-order valence-corrected chi connectivity index (χ3v) is 8.59. The SMILES string of the molecule is C[C@]12CC[C@H]3[C@@H](CCC4=C/C(=N\Oc5ccccc5[N+](=O)[O-])CC[C@@H]43)[C@@H]1CC[C@@H]2O. The molecule has 1 aromatic rings. The van der Waals surface area contributed by atoms with Gasteiger partial charge in [0.2, 0.25) is 5.75 Å². The Kier molecular flexibility index (Phi) is 4.92. The standard InChI is InChI=1S/C24H30N2O4/c1-24-13-12-18-17-9-7-16(25-30-22-5-3-2-4-21(22)26(28)29)14-15(17)6-8-19(18)20(24)10-11-23(24)27/h2-5,14,17-20,23,27H,6-13H2,1H3/b25-16-/t17-,18+,19+,20-,23-,24-/m0/s1. The van der Waals surface area contributed by atoms with E-state index >= 15 is 0 Å². The van der Waals surface area contributed by atoms with Crippen molar-refractivity contribution in [2.75, 3.05) is 0 Å². The molecular formula is C24H30N2O4. The Hall–Kier alpha value is -2.21. The van der Waals surface area contributed by atoms with Gasteiger partial charge in [-0.25, -0.2) is 0 Å². The summed E-state index contributed by atoms with van der Waals surface area (Å²) in [6, 6.07) is 6.36. The Bertz CT molecular complexity index is 910. The summed E-state index contributed by atoms with van der Waals surface area (Å²) in [6.45, 7) is 2.32. The van der Waals surface area contributed by atoms with E-state index in [1.165, 1.54) is 30.9 Å². The van der Waals surface area contributed by atoms with Crippen molar-refractivity contribution in [3.8, 4) is 5.75 Å². The molecule has 6 nitrogen and oxygen atoms in total. The van der Waals surface area contributed by atoms with E-state index in [9.17, 15) is 15.2 Å². The quantitative estimate of drug-likeness (QED) is 0.544. The van der Waals surface area contributed by atoms with E-state index in [1.807, 2.05) is 0 Å². The highest BCUT2D eigenvalue weighted by Crippen LogP contribution is 2.61. The lowest BCUT2D eigenvalue weighted by Crippen LogP contribution is -2.47. The largest absolute Gasteiger partial charge is 0.393 e. The summed E-state index contributed by atoms with van der Waals surface area (Å²) in [4.78, 5) is 16.2. The third kappa shape index (κ3) is 3.16. The monoisotopic (exact) mass is 410 g/mol. The number of fused-ring (bicyclic) bond motifs is 5. The summed E-state index contributed by atoms with van der Waals surface area (Å²) in [5, 5.41) is 26.0. The number of nitrogens with zero attached hydrogens (tertiary/aromatic N) is 2. The van der Waals surface area contributed by atoms with Crippen molar-refractivity contribution in [1.29, 1.82) is 0 Å². The number of nitro groups is 1. The fraction of sp³-hybridized carbons (Fsp3) is 0.625. The van der Waals surface area contributed by atoms with Crippen molar-refractivity contribution in [3.63, 3.8) is 0 Å². The number of rotatable bonds is 3. The maximum atomic E-state index is 11.2. The number of oxime groups is 1. The molecule has 0 aromatic heterocycles. The molecule has 4 aliphatic carbocycles. The van der Waals surface area contributed by atoms with E-state index in [1.54, 1.807) is 18.2 Å². The van der Waals surface area contributed by atoms with Gasteiger partial charge in [-0.3, -0.25) is 10.1 Å². The van der Waals surface area contributed by atoms with E-state index in [0.29, 0.717) is 11.8 Å². The second-order valence-electron chi connectivity index (χ2n) is 9.87. The van der Waals surface area contributed by atoms with Gasteiger partial charge in [0.25, 0.3) is 0 Å². The third-order valence-electron chi connectivity index (χ3n) is 8.59. The van der Waals surface area contributed by atoms with Crippen molar-refractivity contribution in [2.45, 2.75) is 64.4 Å². The zero-order valence-electron chi connectivity index (χ0n) is 17.5. The number of nitro benzene ring substituents is 1. The van der Waals surface area contributed by atoms with E-state index in [4.69, 9.17) is 4.84 Å². The first-order chi connectivity index (χ1) is 14.5. The molecule has 3 saturated carbocycles. The summed E-state index contributed by atoms with van der Waals surface area (Å²) in [6.07, 6.45) is 10.8. The maximum absolute atomic E-state index is 11.2. The van der Waals surface area contributed by atoms with Gasteiger partial charge >= 0.3 is 5.69 Å². The lowest BCUT2D eigenvalue weighted by Gasteiger charge is -2.53. The Balaban J connectivity index is 1.32. The normalized spacial score (nSPS) is 38.9. The van der Waals surface area contributed by atoms with Crippen LogP contribution >= 0.6 is 0 Å². The van der Waals surface area contributed by atoms with Gasteiger partial charge in [0, 0.05) is 6.07 Å². The Labute approximate surface area is 177 Å². The van der Waals surface area contributed by atoms with Crippen LogP contribution in [-0.2, 0) is 0 Å². The van der Waals surface area contributed by atoms with Crippen LogP contribution in [-0.4, -0.2) is 21.8 Å². The number of aliphatic hydroxyl groups excluding tert-OH is 1. The molecule has 6 atom stereocenters. The molecule has 1 N–H and O–H groups in total. The zero-order chi connectivity index (χ0) is 20.9. The molecule has 160 valence electrons. The number of para-hydroxylation sites is 2. The van der Waals surface area contributed by atoms with Gasteiger partial charge in [0.1, 0.15) is 0 Å². The van der Waals surface area contributed by atoms with Crippen LogP contribution in [0.15, 0.2) is 41.1 Å². The van der Waals surface area contributed by atoms with Gasteiger partial charge in [-0.2, -0.15) is 0 Å². The fourth-order valence-corrected chi connectivity index (χ4v) is 7.03. The molecule has 30 heavy (non-hydrogen) atoms. The second-order valence-corrected chi connectivity index (χ2v) is 9.87. The first kappa shape index (κ1) is 19.7. The molecule has 0 spiro atoms. The summed E-state index contributed by atoms with van der Waals surface area (Å²) < 4.78 is 0. The van der Waals surface area contributed by atoms with Crippen LogP contribution in [0.5, 0.6) is 5.75 Å². The Morgan fingerprint density at radius 1 is 1.13 bits per heavy atom. The Morgan fingerprint density at radius 2 is 1.97 bits per heavy atom. The minimum Gasteiger partial charge on any atom is -0.393 e. The predicted octanol–water partition coefficient (Wildman–Crippen LogP) is 5.26. The average molecular weight is 411 g/mol. The number of benzene rings is 1. The summed E-state index contributed by atoms with van der Waals surface area (Å²) in [7, 11) is 0. The summed E-state index contributed by atoms with van der Waals surface area (Å²) in [5.74, 6) is 2.95. The van der Waals surface area contributed by atoms with Crippen molar-refractivity contribution in [2.24, 2.45) is 34.2 Å². The van der Waals surface area contributed by atoms with Gasteiger partial charge < -0.3 is 9.94 Å². The number of hydrogen-bond donors (Lipinski definition) is 1. The highest BCUT2D eigenvalue weighted by atomic mass is 16.6. The highest BCUT2D eigenvalue weighted by Gasteiger charge is 2.55. The molecule has 0 amide bonds. The molecule has 5 rings (SSSR count). The number of aliphatic hydroxyl groups is 1. The lowest BCUT2D eigenvalue weighted by molar-refractivity contribution is -0.385. The molecule has 3 fully saturated rings.